The zero-order valence-electron chi connectivity index (χ0n) is 14.7. The topological polar surface area (TPSA) is 59.5 Å². The predicted octanol–water partition coefficient (Wildman–Crippen LogP) is 3.75. The lowest BCUT2D eigenvalue weighted by Crippen LogP contribution is -2.38. The predicted molar refractivity (Wildman–Crippen MR) is 96.9 cm³/mol. The van der Waals surface area contributed by atoms with E-state index in [9.17, 15) is 13.2 Å². The maximum atomic E-state index is 12.8. The maximum Gasteiger partial charge on any atom is 0.391 e. The molecular formula is C19H20F3N5. The Morgan fingerprint density at radius 2 is 1.74 bits per heavy atom. The van der Waals surface area contributed by atoms with E-state index in [0.717, 1.165) is 16.8 Å². The van der Waals surface area contributed by atoms with Crippen molar-refractivity contribution in [3.05, 3.63) is 48.0 Å². The number of anilines is 1. The number of aromatic nitrogens is 3. The van der Waals surface area contributed by atoms with Crippen molar-refractivity contribution < 1.29 is 13.2 Å². The van der Waals surface area contributed by atoms with E-state index in [1.807, 2.05) is 42.5 Å². The van der Waals surface area contributed by atoms with E-state index < -0.39 is 12.1 Å². The van der Waals surface area contributed by atoms with Crippen LogP contribution in [0.4, 0.5) is 19.1 Å². The summed E-state index contributed by atoms with van der Waals surface area (Å²) in [4.78, 5) is 6.24. The monoisotopic (exact) mass is 375 g/mol. The van der Waals surface area contributed by atoms with Gasteiger partial charge in [0.1, 0.15) is 0 Å². The molecule has 8 heteroatoms. The van der Waals surface area contributed by atoms with Gasteiger partial charge in [0.2, 0.25) is 5.95 Å². The number of pyridine rings is 1. The SMILES string of the molecule is Nc1nc2cccc(-c3ccc(CN4CCC(C(F)(F)F)CC4)cc3)n2n1. The average Bonchev–Trinajstić information content (AvgIpc) is 3.02. The van der Waals surface area contributed by atoms with Gasteiger partial charge in [-0.3, -0.25) is 4.90 Å². The van der Waals surface area contributed by atoms with E-state index in [2.05, 4.69) is 15.0 Å². The van der Waals surface area contributed by atoms with E-state index in [1.165, 1.54) is 0 Å². The smallest absolute Gasteiger partial charge is 0.366 e. The standard InChI is InChI=1S/C19H20F3N5/c20-19(21,22)15-8-10-26(11-9-15)12-13-4-6-14(7-5-13)16-2-1-3-17-24-18(23)25-27(16)17/h1-7,15H,8-12H2,(H2,23,25). The van der Waals surface area contributed by atoms with Gasteiger partial charge in [0, 0.05) is 12.1 Å². The van der Waals surface area contributed by atoms with Crippen molar-refractivity contribution in [1.82, 2.24) is 19.5 Å². The van der Waals surface area contributed by atoms with Gasteiger partial charge in [-0.1, -0.05) is 30.3 Å². The van der Waals surface area contributed by atoms with Crippen molar-refractivity contribution in [2.24, 2.45) is 5.92 Å². The Bertz CT molecular complexity index is 925. The number of nitrogen functional groups attached to an aromatic ring is 1. The Balaban J connectivity index is 1.45. The summed E-state index contributed by atoms with van der Waals surface area (Å²) in [6, 6.07) is 13.7. The first kappa shape index (κ1) is 17.8. The van der Waals surface area contributed by atoms with Gasteiger partial charge >= 0.3 is 6.18 Å². The second-order valence-corrected chi connectivity index (χ2v) is 6.94. The molecule has 2 aromatic heterocycles. The Hall–Kier alpha value is -2.61. The van der Waals surface area contributed by atoms with Gasteiger partial charge in [-0.05, 0) is 43.6 Å². The molecule has 3 aromatic rings. The van der Waals surface area contributed by atoms with Crippen LogP contribution in [-0.4, -0.2) is 38.8 Å². The summed E-state index contributed by atoms with van der Waals surface area (Å²) in [5.41, 5.74) is 9.30. The lowest BCUT2D eigenvalue weighted by atomic mass is 9.96. The number of hydrogen-bond donors (Lipinski definition) is 1. The molecule has 27 heavy (non-hydrogen) atoms. The molecule has 2 N–H and O–H groups in total. The maximum absolute atomic E-state index is 12.8. The molecule has 4 rings (SSSR count). The highest BCUT2D eigenvalue weighted by Crippen LogP contribution is 2.34. The highest BCUT2D eigenvalue weighted by Gasteiger charge is 2.40. The summed E-state index contributed by atoms with van der Waals surface area (Å²) in [6.07, 6.45) is -3.71. The number of likely N-dealkylation sites (tertiary alicyclic amines) is 1. The normalized spacial score (nSPS) is 16.9. The van der Waals surface area contributed by atoms with Crippen LogP contribution in [-0.2, 0) is 6.54 Å². The fourth-order valence-electron chi connectivity index (χ4n) is 3.60. The summed E-state index contributed by atoms with van der Waals surface area (Å²) in [7, 11) is 0. The highest BCUT2D eigenvalue weighted by atomic mass is 19.4. The molecule has 1 saturated heterocycles. The fourth-order valence-corrected chi connectivity index (χ4v) is 3.60. The van der Waals surface area contributed by atoms with Crippen LogP contribution in [0.5, 0.6) is 0 Å². The number of fused-ring (bicyclic) bond motifs is 1. The average molecular weight is 375 g/mol. The van der Waals surface area contributed by atoms with Gasteiger partial charge in [-0.15, -0.1) is 5.10 Å². The molecule has 0 aliphatic carbocycles. The summed E-state index contributed by atoms with van der Waals surface area (Å²) in [5.74, 6) is -0.937. The fraction of sp³-hybridized carbons (Fsp3) is 0.368. The molecule has 0 atom stereocenters. The number of alkyl halides is 3. The molecule has 0 unspecified atom stereocenters. The van der Waals surface area contributed by atoms with Crippen LogP contribution < -0.4 is 5.73 Å². The quantitative estimate of drug-likeness (QED) is 0.757. The lowest BCUT2D eigenvalue weighted by Gasteiger charge is -2.32. The molecule has 0 spiro atoms. The van der Waals surface area contributed by atoms with Crippen LogP contribution in [0.15, 0.2) is 42.5 Å². The van der Waals surface area contributed by atoms with Crippen LogP contribution in [0.3, 0.4) is 0 Å². The number of rotatable bonds is 3. The van der Waals surface area contributed by atoms with Crippen LogP contribution in [0.2, 0.25) is 0 Å². The van der Waals surface area contributed by atoms with Crippen LogP contribution in [0, 0.1) is 5.92 Å². The van der Waals surface area contributed by atoms with Crippen LogP contribution in [0.25, 0.3) is 16.9 Å². The van der Waals surface area contributed by atoms with E-state index in [4.69, 9.17) is 5.73 Å². The molecule has 0 radical (unpaired) electrons. The molecule has 3 heterocycles. The summed E-state index contributed by atoms with van der Waals surface area (Å²) in [6.45, 7) is 1.61. The third kappa shape index (κ3) is 3.75. The summed E-state index contributed by atoms with van der Waals surface area (Å²) >= 11 is 0. The van der Waals surface area contributed by atoms with Gasteiger partial charge in [0.15, 0.2) is 5.65 Å². The van der Waals surface area contributed by atoms with Crippen molar-refractivity contribution in [2.45, 2.75) is 25.6 Å². The zero-order chi connectivity index (χ0) is 19.0. The number of nitrogens with zero attached hydrogens (tertiary/aromatic N) is 4. The van der Waals surface area contributed by atoms with Gasteiger partial charge in [0.05, 0.1) is 11.6 Å². The number of piperidine rings is 1. The first-order valence-corrected chi connectivity index (χ1v) is 8.90. The number of benzene rings is 1. The van der Waals surface area contributed by atoms with E-state index in [1.54, 1.807) is 4.52 Å². The Labute approximate surface area is 154 Å². The molecule has 1 aromatic carbocycles. The van der Waals surface area contributed by atoms with Gasteiger partial charge < -0.3 is 5.73 Å². The van der Waals surface area contributed by atoms with Crippen molar-refractivity contribution in [3.63, 3.8) is 0 Å². The largest absolute Gasteiger partial charge is 0.391 e. The first-order valence-electron chi connectivity index (χ1n) is 8.90. The highest BCUT2D eigenvalue weighted by molar-refractivity contribution is 5.63. The molecular weight excluding hydrogens is 355 g/mol. The number of halogens is 3. The van der Waals surface area contributed by atoms with E-state index >= 15 is 0 Å². The molecule has 1 aliphatic heterocycles. The third-order valence-electron chi connectivity index (χ3n) is 5.08. The Morgan fingerprint density at radius 3 is 2.41 bits per heavy atom. The molecule has 0 amide bonds. The van der Waals surface area contributed by atoms with Crippen LogP contribution >= 0.6 is 0 Å². The van der Waals surface area contributed by atoms with Crippen molar-refractivity contribution in [3.8, 4) is 11.3 Å². The van der Waals surface area contributed by atoms with Crippen LogP contribution in [0.1, 0.15) is 18.4 Å². The number of hydrogen-bond acceptors (Lipinski definition) is 4. The molecule has 0 bridgehead atoms. The van der Waals surface area contributed by atoms with Crippen molar-refractivity contribution >= 4 is 11.6 Å². The Kier molecular flexibility index (Phi) is 4.51. The molecule has 1 aliphatic rings. The third-order valence-corrected chi connectivity index (χ3v) is 5.08. The van der Waals surface area contributed by atoms with E-state index in [-0.39, 0.29) is 18.8 Å². The lowest BCUT2D eigenvalue weighted by molar-refractivity contribution is -0.185. The molecule has 1 fully saturated rings. The summed E-state index contributed by atoms with van der Waals surface area (Å²) in [5, 5.41) is 4.22. The second-order valence-electron chi connectivity index (χ2n) is 6.94. The molecule has 5 nitrogen and oxygen atoms in total. The van der Waals surface area contributed by atoms with E-state index in [0.29, 0.717) is 25.3 Å². The Morgan fingerprint density at radius 1 is 1.04 bits per heavy atom. The second kappa shape index (κ2) is 6.84. The number of nitrogens with two attached hydrogens (primary N) is 1. The molecule has 142 valence electrons. The van der Waals surface area contributed by atoms with Crippen molar-refractivity contribution in [2.75, 3.05) is 18.8 Å². The van der Waals surface area contributed by atoms with Gasteiger partial charge in [-0.25, -0.2) is 4.52 Å². The summed E-state index contributed by atoms with van der Waals surface area (Å²) < 4.78 is 40.0. The minimum absolute atomic E-state index is 0.178. The van der Waals surface area contributed by atoms with Gasteiger partial charge in [0.25, 0.3) is 0 Å². The minimum atomic E-state index is -4.07. The first-order chi connectivity index (χ1) is 12.9. The molecule has 0 saturated carbocycles. The van der Waals surface area contributed by atoms with Gasteiger partial charge in [-0.2, -0.15) is 18.2 Å². The zero-order valence-corrected chi connectivity index (χ0v) is 14.7. The minimum Gasteiger partial charge on any atom is -0.366 e. The van der Waals surface area contributed by atoms with Crippen molar-refractivity contribution in [1.29, 1.82) is 0 Å².